The SMILES string of the molecule is C=Cc1ccc(S(=O)(=O)[O-])cc1.[Ag+]. The third kappa shape index (κ3) is 3.46. The fourth-order valence-corrected chi connectivity index (χ4v) is 1.24. The van der Waals surface area contributed by atoms with E-state index in [4.69, 9.17) is 0 Å². The molecule has 13 heavy (non-hydrogen) atoms. The Kier molecular flexibility index (Phi) is 4.60. The molecule has 1 rings (SSSR count). The fraction of sp³-hybridized carbons (Fsp3) is 0. The van der Waals surface area contributed by atoms with Crippen molar-refractivity contribution in [3.8, 4) is 0 Å². The van der Waals surface area contributed by atoms with Gasteiger partial charge in [-0.1, -0.05) is 24.8 Å². The Morgan fingerprint density at radius 2 is 1.69 bits per heavy atom. The van der Waals surface area contributed by atoms with Gasteiger partial charge in [-0.05, 0) is 17.7 Å². The van der Waals surface area contributed by atoms with E-state index in [-0.39, 0.29) is 27.3 Å². The minimum atomic E-state index is -4.31. The van der Waals surface area contributed by atoms with Gasteiger partial charge in [0, 0.05) is 0 Å². The van der Waals surface area contributed by atoms with Crippen LogP contribution in [0.2, 0.25) is 0 Å². The molecule has 0 unspecified atom stereocenters. The first-order valence-corrected chi connectivity index (χ1v) is 4.63. The van der Waals surface area contributed by atoms with Crippen molar-refractivity contribution in [2.45, 2.75) is 4.90 Å². The van der Waals surface area contributed by atoms with Crippen LogP contribution in [0, 0.1) is 0 Å². The van der Waals surface area contributed by atoms with Gasteiger partial charge in [-0.2, -0.15) is 0 Å². The van der Waals surface area contributed by atoms with Crippen molar-refractivity contribution >= 4 is 16.2 Å². The first kappa shape index (κ1) is 12.6. The summed E-state index contributed by atoms with van der Waals surface area (Å²) in [5, 5.41) is 0. The van der Waals surface area contributed by atoms with E-state index < -0.39 is 10.1 Å². The summed E-state index contributed by atoms with van der Waals surface area (Å²) < 4.78 is 31.4. The molecular formula is C8H7AgO3S. The summed E-state index contributed by atoms with van der Waals surface area (Å²) in [6.07, 6.45) is 1.57. The van der Waals surface area contributed by atoms with Crippen molar-refractivity contribution in [3.05, 3.63) is 36.4 Å². The zero-order chi connectivity index (χ0) is 9.19. The molecule has 0 spiro atoms. The largest absolute Gasteiger partial charge is 1.00 e. The molecule has 74 valence electrons. The Morgan fingerprint density at radius 1 is 1.23 bits per heavy atom. The summed E-state index contributed by atoms with van der Waals surface area (Å²) >= 11 is 0. The Balaban J connectivity index is 0.00000144. The maximum absolute atomic E-state index is 10.5. The molecule has 0 N–H and O–H groups in total. The first-order valence-electron chi connectivity index (χ1n) is 3.22. The monoisotopic (exact) mass is 290 g/mol. The van der Waals surface area contributed by atoms with Gasteiger partial charge in [0.1, 0.15) is 10.1 Å². The molecule has 0 aliphatic heterocycles. The third-order valence-electron chi connectivity index (χ3n) is 1.40. The molecule has 0 amide bonds. The smallest absolute Gasteiger partial charge is 0.744 e. The van der Waals surface area contributed by atoms with Gasteiger partial charge < -0.3 is 4.55 Å². The molecule has 0 aliphatic rings. The second-order valence-electron chi connectivity index (χ2n) is 2.23. The van der Waals surface area contributed by atoms with Gasteiger partial charge in [0.05, 0.1) is 4.90 Å². The molecule has 0 fully saturated rings. The van der Waals surface area contributed by atoms with Crippen molar-refractivity contribution in [2.24, 2.45) is 0 Å². The predicted molar refractivity (Wildman–Crippen MR) is 44.5 cm³/mol. The first-order chi connectivity index (χ1) is 5.54. The van der Waals surface area contributed by atoms with Crippen molar-refractivity contribution in [3.63, 3.8) is 0 Å². The van der Waals surface area contributed by atoms with Gasteiger partial charge in [0.2, 0.25) is 0 Å². The zero-order valence-electron chi connectivity index (χ0n) is 6.53. The van der Waals surface area contributed by atoms with Crippen molar-refractivity contribution in [1.82, 2.24) is 0 Å². The molecule has 0 aliphatic carbocycles. The molecule has 5 heteroatoms. The van der Waals surface area contributed by atoms with Crippen LogP contribution >= 0.6 is 0 Å². The molecule has 1 aromatic carbocycles. The summed E-state index contributed by atoms with van der Waals surface area (Å²) in [5.41, 5.74) is 0.780. The van der Waals surface area contributed by atoms with Crippen LogP contribution in [0.3, 0.4) is 0 Å². The number of hydrogen-bond donors (Lipinski definition) is 0. The molecular weight excluding hydrogens is 284 g/mol. The Labute approximate surface area is 92.7 Å². The minimum absolute atomic E-state index is 0. The van der Waals surface area contributed by atoms with Crippen LogP contribution in [0.4, 0.5) is 0 Å². The fourth-order valence-electron chi connectivity index (χ4n) is 0.771. The van der Waals surface area contributed by atoms with Crippen LogP contribution in [0.25, 0.3) is 6.08 Å². The van der Waals surface area contributed by atoms with Gasteiger partial charge in [-0.3, -0.25) is 0 Å². The Bertz CT molecular complexity index is 380. The molecule has 1 aromatic rings. The van der Waals surface area contributed by atoms with E-state index in [0.717, 1.165) is 5.56 Å². The second kappa shape index (κ2) is 4.74. The van der Waals surface area contributed by atoms with Crippen LogP contribution in [0.15, 0.2) is 35.7 Å². The molecule has 0 bridgehead atoms. The summed E-state index contributed by atoms with van der Waals surface area (Å²) in [6, 6.07) is 5.58. The normalized spacial score (nSPS) is 10.2. The number of rotatable bonds is 2. The number of hydrogen-bond acceptors (Lipinski definition) is 3. The Morgan fingerprint density at radius 3 is 2.00 bits per heavy atom. The van der Waals surface area contributed by atoms with Gasteiger partial charge in [0.25, 0.3) is 0 Å². The quantitative estimate of drug-likeness (QED) is 0.608. The molecule has 0 heterocycles. The molecule has 3 nitrogen and oxygen atoms in total. The maximum Gasteiger partial charge on any atom is 1.00 e. The van der Waals surface area contributed by atoms with E-state index >= 15 is 0 Å². The molecule has 0 aromatic heterocycles. The average molecular weight is 291 g/mol. The molecule has 0 saturated heterocycles. The molecule has 0 atom stereocenters. The van der Waals surface area contributed by atoms with Crippen LogP contribution in [0.5, 0.6) is 0 Å². The van der Waals surface area contributed by atoms with Gasteiger partial charge in [0.15, 0.2) is 0 Å². The van der Waals surface area contributed by atoms with Crippen LogP contribution < -0.4 is 0 Å². The minimum Gasteiger partial charge on any atom is -0.744 e. The summed E-state index contributed by atoms with van der Waals surface area (Å²) in [5.74, 6) is 0. The zero-order valence-corrected chi connectivity index (χ0v) is 8.83. The van der Waals surface area contributed by atoms with Crippen LogP contribution in [-0.4, -0.2) is 13.0 Å². The van der Waals surface area contributed by atoms with E-state index in [1.807, 2.05) is 0 Å². The van der Waals surface area contributed by atoms with Gasteiger partial charge in [-0.15, -0.1) is 0 Å². The van der Waals surface area contributed by atoms with Gasteiger partial charge in [-0.25, -0.2) is 8.42 Å². The molecule has 0 radical (unpaired) electrons. The summed E-state index contributed by atoms with van der Waals surface area (Å²) in [6.45, 7) is 3.50. The number of benzene rings is 1. The van der Waals surface area contributed by atoms with Crippen molar-refractivity contribution < 1.29 is 35.4 Å². The van der Waals surface area contributed by atoms with Crippen LogP contribution in [-0.2, 0) is 32.5 Å². The van der Waals surface area contributed by atoms with Crippen molar-refractivity contribution in [2.75, 3.05) is 0 Å². The van der Waals surface area contributed by atoms with E-state index in [9.17, 15) is 13.0 Å². The topological polar surface area (TPSA) is 57.2 Å². The summed E-state index contributed by atoms with van der Waals surface area (Å²) in [4.78, 5) is -0.215. The van der Waals surface area contributed by atoms with Gasteiger partial charge >= 0.3 is 22.4 Å². The molecule has 0 saturated carbocycles. The second-order valence-corrected chi connectivity index (χ2v) is 3.61. The van der Waals surface area contributed by atoms with E-state index in [1.54, 1.807) is 6.08 Å². The standard InChI is InChI=1S/C8H8O3S.Ag/c1-2-7-3-5-8(6-4-7)12(9,10)11;/h2-6H,1H2,(H,9,10,11);/q;+1/p-1. The maximum atomic E-state index is 10.5. The summed E-state index contributed by atoms with van der Waals surface area (Å²) in [7, 11) is -4.31. The van der Waals surface area contributed by atoms with Crippen molar-refractivity contribution in [1.29, 1.82) is 0 Å². The van der Waals surface area contributed by atoms with E-state index in [0.29, 0.717) is 0 Å². The van der Waals surface area contributed by atoms with E-state index in [1.165, 1.54) is 24.3 Å². The Hall–Kier alpha value is -0.390. The third-order valence-corrected chi connectivity index (χ3v) is 2.25. The van der Waals surface area contributed by atoms with Crippen LogP contribution in [0.1, 0.15) is 5.56 Å². The predicted octanol–water partition coefficient (Wildman–Crippen LogP) is 1.23. The average Bonchev–Trinajstić information content (AvgIpc) is 2.03. The van der Waals surface area contributed by atoms with E-state index in [2.05, 4.69) is 6.58 Å².